The maximum absolute atomic E-state index is 12.0. The first-order valence-corrected chi connectivity index (χ1v) is 6.12. The summed E-state index contributed by atoms with van der Waals surface area (Å²) in [5, 5.41) is 3.89. The Kier molecular flexibility index (Phi) is 3.05. The van der Waals surface area contributed by atoms with Crippen LogP contribution in [0.4, 0.5) is 4.39 Å². The van der Waals surface area contributed by atoms with Gasteiger partial charge in [-0.2, -0.15) is 13.5 Å². The summed E-state index contributed by atoms with van der Waals surface area (Å²) >= 11 is 0. The molecule has 1 aromatic heterocycles. The fourth-order valence-corrected chi connectivity index (χ4v) is 1.61. The van der Waals surface area contributed by atoms with Crippen molar-refractivity contribution in [1.82, 2.24) is 14.8 Å². The molecular formula is C9H8FN3O3S. The van der Waals surface area contributed by atoms with E-state index in [9.17, 15) is 12.8 Å². The number of nitrogens with zero attached hydrogens (tertiary/aromatic N) is 3. The molecule has 0 aliphatic heterocycles. The van der Waals surface area contributed by atoms with E-state index in [1.807, 2.05) is 0 Å². The van der Waals surface area contributed by atoms with E-state index in [-0.39, 0.29) is 5.75 Å². The Balaban J connectivity index is 2.19. The zero-order valence-electron chi connectivity index (χ0n) is 8.52. The molecule has 2 aromatic rings. The van der Waals surface area contributed by atoms with E-state index in [2.05, 4.69) is 14.3 Å². The summed E-state index contributed by atoms with van der Waals surface area (Å²) in [6, 6.07) is 4.42. The molecule has 1 heterocycles. The van der Waals surface area contributed by atoms with Gasteiger partial charge in [-0.25, -0.2) is 14.1 Å². The highest BCUT2D eigenvalue weighted by atomic mass is 32.2. The van der Waals surface area contributed by atoms with Crippen LogP contribution in [0.5, 0.6) is 5.75 Å². The molecule has 0 bridgehead atoms. The smallest absolute Gasteiger partial charge is 0.339 e. The fourth-order valence-electron chi connectivity index (χ4n) is 1.16. The van der Waals surface area contributed by atoms with Crippen molar-refractivity contribution in [3.8, 4) is 11.4 Å². The molecule has 6 nitrogen and oxygen atoms in total. The molecule has 8 heteroatoms. The first kappa shape index (κ1) is 11.5. The molecule has 2 rings (SSSR count). The van der Waals surface area contributed by atoms with Crippen LogP contribution in [0.3, 0.4) is 0 Å². The fraction of sp³-hybridized carbons (Fsp3) is 0.111. The minimum Gasteiger partial charge on any atom is -0.381 e. The third-order valence-corrected chi connectivity index (χ3v) is 2.59. The van der Waals surface area contributed by atoms with Gasteiger partial charge in [0.25, 0.3) is 0 Å². The number of halogens is 1. The van der Waals surface area contributed by atoms with Crippen LogP contribution in [0.1, 0.15) is 0 Å². The Hall–Kier alpha value is -1.96. The summed E-state index contributed by atoms with van der Waals surface area (Å²) in [4.78, 5) is 3.77. The van der Waals surface area contributed by atoms with Crippen LogP contribution in [-0.2, 0) is 10.1 Å². The van der Waals surface area contributed by atoms with Crippen molar-refractivity contribution in [1.29, 1.82) is 0 Å². The van der Waals surface area contributed by atoms with Crippen molar-refractivity contribution in [2.75, 3.05) is 6.01 Å². The average Bonchev–Trinajstić information content (AvgIpc) is 2.83. The molecule has 0 radical (unpaired) electrons. The number of alkyl halides is 1. The second-order valence-electron chi connectivity index (χ2n) is 3.08. The van der Waals surface area contributed by atoms with Crippen molar-refractivity contribution < 1.29 is 17.0 Å². The minimum absolute atomic E-state index is 0.0477. The van der Waals surface area contributed by atoms with E-state index in [1.165, 1.54) is 29.5 Å². The van der Waals surface area contributed by atoms with Crippen LogP contribution < -0.4 is 4.18 Å². The number of hydrogen-bond acceptors (Lipinski definition) is 5. The van der Waals surface area contributed by atoms with Crippen molar-refractivity contribution in [2.24, 2.45) is 0 Å². The number of aromatic nitrogens is 3. The lowest BCUT2D eigenvalue weighted by Gasteiger charge is -2.04. The lowest BCUT2D eigenvalue weighted by molar-refractivity contribution is 0.451. The summed E-state index contributed by atoms with van der Waals surface area (Å²) in [6.07, 6.45) is 2.87. The van der Waals surface area contributed by atoms with Gasteiger partial charge in [-0.15, -0.1) is 0 Å². The van der Waals surface area contributed by atoms with Crippen LogP contribution in [-0.4, -0.2) is 29.2 Å². The third-order valence-electron chi connectivity index (χ3n) is 1.88. The van der Waals surface area contributed by atoms with E-state index in [1.54, 1.807) is 12.1 Å². The second-order valence-corrected chi connectivity index (χ2v) is 4.58. The Morgan fingerprint density at radius 3 is 2.53 bits per heavy atom. The van der Waals surface area contributed by atoms with Crippen LogP contribution >= 0.6 is 0 Å². The summed E-state index contributed by atoms with van der Waals surface area (Å²) in [7, 11) is -4.14. The Labute approximate surface area is 96.8 Å². The van der Waals surface area contributed by atoms with Crippen molar-refractivity contribution in [3.63, 3.8) is 0 Å². The van der Waals surface area contributed by atoms with Crippen LogP contribution in [0, 0.1) is 0 Å². The summed E-state index contributed by atoms with van der Waals surface area (Å²) in [5.74, 6) is 0.0477. The standard InChI is InChI=1S/C9H8FN3O3S/c10-5-17(14,15)16-9-3-1-8(2-4-9)13-7-11-6-12-13/h1-4,6-7H,5H2. The van der Waals surface area contributed by atoms with Gasteiger partial charge in [-0.05, 0) is 24.3 Å². The molecule has 0 fully saturated rings. The summed E-state index contributed by atoms with van der Waals surface area (Å²) in [5.41, 5.74) is 0.687. The minimum atomic E-state index is -4.14. The molecule has 0 saturated carbocycles. The van der Waals surface area contributed by atoms with Crippen LogP contribution in [0.25, 0.3) is 5.69 Å². The summed E-state index contributed by atoms with van der Waals surface area (Å²) < 4.78 is 39.7. The first-order valence-electron chi connectivity index (χ1n) is 4.54. The SMILES string of the molecule is O=S(=O)(CF)Oc1ccc(-n2cncn2)cc1. The monoisotopic (exact) mass is 257 g/mol. The normalized spacial score (nSPS) is 11.4. The number of benzene rings is 1. The van der Waals surface area contributed by atoms with Gasteiger partial charge in [0.05, 0.1) is 5.69 Å². The van der Waals surface area contributed by atoms with Gasteiger partial charge >= 0.3 is 10.1 Å². The van der Waals surface area contributed by atoms with E-state index < -0.39 is 16.1 Å². The Morgan fingerprint density at radius 1 is 1.29 bits per heavy atom. The van der Waals surface area contributed by atoms with Gasteiger partial charge in [-0.1, -0.05) is 0 Å². The lowest BCUT2D eigenvalue weighted by atomic mass is 10.3. The second kappa shape index (κ2) is 4.50. The van der Waals surface area contributed by atoms with Crippen molar-refractivity contribution in [3.05, 3.63) is 36.9 Å². The van der Waals surface area contributed by atoms with Gasteiger partial charge in [0.2, 0.25) is 6.01 Å². The van der Waals surface area contributed by atoms with E-state index in [4.69, 9.17) is 0 Å². The zero-order chi connectivity index (χ0) is 12.3. The maximum Gasteiger partial charge on any atom is 0.339 e. The molecular weight excluding hydrogens is 249 g/mol. The molecule has 17 heavy (non-hydrogen) atoms. The topological polar surface area (TPSA) is 74.1 Å². The maximum atomic E-state index is 12.0. The third kappa shape index (κ3) is 2.78. The average molecular weight is 257 g/mol. The predicted molar refractivity (Wildman–Crippen MR) is 56.9 cm³/mol. The lowest BCUT2D eigenvalue weighted by Crippen LogP contribution is -2.10. The molecule has 1 aromatic carbocycles. The number of rotatable bonds is 4. The molecule has 0 N–H and O–H groups in total. The largest absolute Gasteiger partial charge is 0.381 e. The highest BCUT2D eigenvalue weighted by Gasteiger charge is 2.11. The van der Waals surface area contributed by atoms with E-state index in [0.29, 0.717) is 5.69 Å². The van der Waals surface area contributed by atoms with E-state index in [0.717, 1.165) is 0 Å². The van der Waals surface area contributed by atoms with E-state index >= 15 is 0 Å². The number of hydrogen-bond donors (Lipinski definition) is 0. The molecule has 0 spiro atoms. The first-order chi connectivity index (χ1) is 8.11. The van der Waals surface area contributed by atoms with Gasteiger partial charge in [-0.3, -0.25) is 0 Å². The Morgan fingerprint density at radius 2 is 2.00 bits per heavy atom. The van der Waals surface area contributed by atoms with Crippen molar-refractivity contribution in [2.45, 2.75) is 0 Å². The van der Waals surface area contributed by atoms with Crippen molar-refractivity contribution >= 4 is 10.1 Å². The molecule has 0 aliphatic rings. The summed E-state index contributed by atoms with van der Waals surface area (Å²) in [6.45, 7) is 0. The molecule has 0 unspecified atom stereocenters. The quantitative estimate of drug-likeness (QED) is 0.761. The van der Waals surface area contributed by atoms with Crippen LogP contribution in [0.2, 0.25) is 0 Å². The molecule has 0 aliphatic carbocycles. The highest BCUT2D eigenvalue weighted by Crippen LogP contribution is 2.16. The molecule has 0 atom stereocenters. The van der Waals surface area contributed by atoms with Gasteiger partial charge in [0, 0.05) is 0 Å². The zero-order valence-corrected chi connectivity index (χ0v) is 9.34. The molecule has 0 saturated heterocycles. The van der Waals surface area contributed by atoms with Gasteiger partial charge in [0.15, 0.2) is 0 Å². The Bertz CT molecular complexity index is 580. The molecule has 0 amide bonds. The van der Waals surface area contributed by atoms with Crippen LogP contribution in [0.15, 0.2) is 36.9 Å². The predicted octanol–water partition coefficient (Wildman–Crippen LogP) is 0.903. The van der Waals surface area contributed by atoms with Gasteiger partial charge in [0.1, 0.15) is 18.4 Å². The van der Waals surface area contributed by atoms with Gasteiger partial charge < -0.3 is 4.18 Å². The highest BCUT2D eigenvalue weighted by molar-refractivity contribution is 7.86. The molecule has 90 valence electrons.